The lowest BCUT2D eigenvalue weighted by Crippen LogP contribution is -2.43. The lowest BCUT2D eigenvalue weighted by molar-refractivity contribution is -0.140. The summed E-state index contributed by atoms with van der Waals surface area (Å²) in [6, 6.07) is 0.391. The predicted octanol–water partition coefficient (Wildman–Crippen LogP) is -1.74. The van der Waals surface area contributed by atoms with Gasteiger partial charge in [-0.15, -0.1) is 0 Å². The number of carbonyl (C=O) groups excluding carboxylic acids is 1. The highest BCUT2D eigenvalue weighted by Crippen LogP contribution is 2.04. The fraction of sp³-hybridized carbons (Fsp3) is 0.222. The highest BCUT2D eigenvalue weighted by Gasteiger charge is 2.20. The minimum absolute atomic E-state index is 0.203. The number of carbonyl (C=O) groups is 2. The quantitative estimate of drug-likeness (QED) is 0.424. The first kappa shape index (κ1) is 12.7. The monoisotopic (exact) mass is 242 g/mol. The van der Waals surface area contributed by atoms with Crippen molar-refractivity contribution in [2.24, 2.45) is 0 Å². The molecule has 8 nitrogen and oxygen atoms in total. The van der Waals surface area contributed by atoms with Crippen molar-refractivity contribution in [1.29, 1.82) is 0 Å². The number of hydrogen-bond acceptors (Lipinski definition) is 5. The van der Waals surface area contributed by atoms with E-state index >= 15 is 0 Å². The molecule has 92 valence electrons. The number of aliphatic hydroxyl groups excluding tert-OH is 1. The Bertz CT molecular complexity index is 495. The van der Waals surface area contributed by atoms with Crippen LogP contribution in [0.5, 0.6) is 5.88 Å². The molecule has 0 aromatic carbocycles. The van der Waals surface area contributed by atoms with Gasteiger partial charge >= 0.3 is 5.97 Å². The van der Waals surface area contributed by atoms with Crippen LogP contribution in [0.2, 0.25) is 0 Å². The Morgan fingerprint density at radius 2 is 2.06 bits per heavy atom. The van der Waals surface area contributed by atoms with E-state index in [-0.39, 0.29) is 5.56 Å². The number of aliphatic carboxylic acids is 1. The number of aromatic amines is 1. The Kier molecular flexibility index (Phi) is 3.83. The summed E-state index contributed by atoms with van der Waals surface area (Å²) in [4.78, 5) is 35.0. The van der Waals surface area contributed by atoms with E-state index in [1.165, 1.54) is 0 Å². The summed E-state index contributed by atoms with van der Waals surface area (Å²) in [6.45, 7) is -0.782. The fourth-order valence-electron chi connectivity index (χ4n) is 1.09. The third-order valence-corrected chi connectivity index (χ3v) is 1.88. The summed E-state index contributed by atoms with van der Waals surface area (Å²) in [5.41, 5.74) is -0.906. The SMILES string of the molecule is O=C(N[C@H](CO)C(=O)O)c1cc(O)[nH]c(=O)c1. The number of nitrogens with one attached hydrogen (secondary N) is 2. The van der Waals surface area contributed by atoms with Gasteiger partial charge in [0.15, 0.2) is 11.9 Å². The van der Waals surface area contributed by atoms with Crippen molar-refractivity contribution >= 4 is 11.9 Å². The van der Waals surface area contributed by atoms with Crippen LogP contribution < -0.4 is 10.9 Å². The Labute approximate surface area is 94.5 Å². The molecule has 0 fully saturated rings. The molecule has 0 aliphatic rings. The first-order chi connectivity index (χ1) is 7.93. The molecule has 0 unspecified atom stereocenters. The molecule has 1 rings (SSSR count). The number of carboxylic acids is 1. The average molecular weight is 242 g/mol. The summed E-state index contributed by atoms with van der Waals surface area (Å²) < 4.78 is 0. The minimum Gasteiger partial charge on any atom is -0.494 e. The van der Waals surface area contributed by atoms with Crippen molar-refractivity contribution < 1.29 is 24.9 Å². The van der Waals surface area contributed by atoms with E-state index in [9.17, 15) is 14.4 Å². The highest BCUT2D eigenvalue weighted by molar-refractivity contribution is 5.96. The van der Waals surface area contributed by atoms with Crippen LogP contribution in [0, 0.1) is 0 Å². The lowest BCUT2D eigenvalue weighted by Gasteiger charge is -2.11. The minimum atomic E-state index is -1.47. The predicted molar refractivity (Wildman–Crippen MR) is 54.7 cm³/mol. The van der Waals surface area contributed by atoms with Crippen LogP contribution in [0.15, 0.2) is 16.9 Å². The Balaban J connectivity index is 2.89. The molecule has 0 saturated carbocycles. The molecule has 0 radical (unpaired) electrons. The van der Waals surface area contributed by atoms with E-state index in [4.69, 9.17) is 15.3 Å². The number of pyridine rings is 1. The standard InChI is InChI=1S/C9H10N2O6/c12-3-5(9(16)17)10-8(15)4-1-6(13)11-7(14)2-4/h1-2,5,12H,3H2,(H,10,15)(H,16,17)(H2,11,13,14)/t5-/m1/s1. The lowest BCUT2D eigenvalue weighted by atomic mass is 10.2. The number of carboxylic acid groups (broad SMARTS) is 1. The Morgan fingerprint density at radius 1 is 1.41 bits per heavy atom. The molecule has 1 atom stereocenters. The van der Waals surface area contributed by atoms with Gasteiger partial charge in [-0.25, -0.2) is 4.79 Å². The van der Waals surface area contributed by atoms with Crippen LogP contribution >= 0.6 is 0 Å². The molecule has 1 aromatic rings. The van der Waals surface area contributed by atoms with Crippen molar-refractivity contribution in [1.82, 2.24) is 10.3 Å². The summed E-state index contributed by atoms with van der Waals surface area (Å²) in [5.74, 6) is -2.80. The smallest absolute Gasteiger partial charge is 0.328 e. The highest BCUT2D eigenvalue weighted by atomic mass is 16.4. The topological polar surface area (TPSA) is 140 Å². The number of hydrogen-bond donors (Lipinski definition) is 5. The first-order valence-corrected chi connectivity index (χ1v) is 4.52. The molecule has 0 bridgehead atoms. The summed E-state index contributed by atoms with van der Waals surface area (Å²) in [6.07, 6.45) is 0. The van der Waals surface area contributed by atoms with Gasteiger partial charge in [0.1, 0.15) is 0 Å². The van der Waals surface area contributed by atoms with E-state index in [2.05, 4.69) is 0 Å². The summed E-state index contributed by atoms with van der Waals surface area (Å²) in [7, 11) is 0. The molecule has 0 spiro atoms. The molecule has 1 amide bonds. The molecule has 8 heteroatoms. The molecule has 1 heterocycles. The normalized spacial score (nSPS) is 11.8. The molecule has 5 N–H and O–H groups in total. The number of aliphatic hydroxyl groups is 1. The van der Waals surface area contributed by atoms with Gasteiger partial charge in [0.25, 0.3) is 11.5 Å². The molecular weight excluding hydrogens is 232 g/mol. The van der Waals surface area contributed by atoms with Gasteiger partial charge in [-0.2, -0.15) is 0 Å². The van der Waals surface area contributed by atoms with Gasteiger partial charge in [-0.05, 0) is 0 Å². The van der Waals surface area contributed by atoms with Crippen LogP contribution in [-0.2, 0) is 4.79 Å². The van der Waals surface area contributed by atoms with Crippen molar-refractivity contribution in [3.8, 4) is 5.88 Å². The van der Waals surface area contributed by atoms with Gasteiger partial charge in [0, 0.05) is 12.1 Å². The molecule has 0 aliphatic carbocycles. The van der Waals surface area contributed by atoms with Crippen molar-refractivity contribution in [3.05, 3.63) is 28.0 Å². The third-order valence-electron chi connectivity index (χ3n) is 1.88. The zero-order chi connectivity index (χ0) is 13.0. The number of aromatic hydroxyl groups is 1. The van der Waals surface area contributed by atoms with Crippen LogP contribution in [0.3, 0.4) is 0 Å². The van der Waals surface area contributed by atoms with Crippen molar-refractivity contribution in [2.75, 3.05) is 6.61 Å². The molecule has 0 aliphatic heterocycles. The fourth-order valence-corrected chi connectivity index (χ4v) is 1.09. The summed E-state index contributed by atoms with van der Waals surface area (Å²) >= 11 is 0. The summed E-state index contributed by atoms with van der Waals surface area (Å²) in [5, 5.41) is 28.3. The Morgan fingerprint density at radius 3 is 2.53 bits per heavy atom. The number of aromatic nitrogens is 1. The maximum atomic E-state index is 11.5. The number of amides is 1. The maximum Gasteiger partial charge on any atom is 0.328 e. The van der Waals surface area contributed by atoms with Gasteiger partial charge in [0.2, 0.25) is 0 Å². The van der Waals surface area contributed by atoms with Crippen LogP contribution in [0.4, 0.5) is 0 Å². The largest absolute Gasteiger partial charge is 0.494 e. The second-order valence-electron chi connectivity index (χ2n) is 3.17. The maximum absolute atomic E-state index is 11.5. The van der Waals surface area contributed by atoms with Crippen molar-refractivity contribution in [2.45, 2.75) is 6.04 Å². The van der Waals surface area contributed by atoms with Crippen LogP contribution in [0.25, 0.3) is 0 Å². The van der Waals surface area contributed by atoms with E-state index in [0.29, 0.717) is 0 Å². The number of rotatable bonds is 4. The third kappa shape index (κ3) is 3.31. The van der Waals surface area contributed by atoms with E-state index < -0.39 is 36.0 Å². The van der Waals surface area contributed by atoms with E-state index in [1.807, 2.05) is 10.3 Å². The molecule has 17 heavy (non-hydrogen) atoms. The van der Waals surface area contributed by atoms with Crippen LogP contribution in [-0.4, -0.2) is 44.8 Å². The van der Waals surface area contributed by atoms with E-state index in [0.717, 1.165) is 12.1 Å². The van der Waals surface area contributed by atoms with E-state index in [1.54, 1.807) is 0 Å². The van der Waals surface area contributed by atoms with Gasteiger partial charge in [-0.3, -0.25) is 14.6 Å². The molecular formula is C9H10N2O6. The second kappa shape index (κ2) is 5.12. The van der Waals surface area contributed by atoms with Gasteiger partial charge < -0.3 is 20.6 Å². The Hall–Kier alpha value is -2.35. The van der Waals surface area contributed by atoms with Crippen molar-refractivity contribution in [3.63, 3.8) is 0 Å². The molecule has 0 saturated heterocycles. The van der Waals surface area contributed by atoms with Gasteiger partial charge in [0.05, 0.1) is 12.2 Å². The first-order valence-electron chi connectivity index (χ1n) is 4.52. The second-order valence-corrected chi connectivity index (χ2v) is 3.17. The van der Waals surface area contributed by atoms with Crippen LogP contribution in [0.1, 0.15) is 10.4 Å². The average Bonchev–Trinajstić information content (AvgIpc) is 2.23. The van der Waals surface area contributed by atoms with Gasteiger partial charge in [-0.1, -0.05) is 0 Å². The molecule has 1 aromatic heterocycles. The zero-order valence-corrected chi connectivity index (χ0v) is 8.51. The zero-order valence-electron chi connectivity index (χ0n) is 8.51. The number of H-pyrrole nitrogens is 1.